The molecule has 2 saturated carbocycles. The third kappa shape index (κ3) is 4.27. The van der Waals surface area contributed by atoms with E-state index in [1.165, 1.54) is 26.0 Å². The predicted octanol–water partition coefficient (Wildman–Crippen LogP) is 3.33. The first-order valence-corrected chi connectivity index (χ1v) is 11.7. The second kappa shape index (κ2) is 7.74. The van der Waals surface area contributed by atoms with Crippen molar-refractivity contribution < 1.29 is 26.3 Å². The lowest BCUT2D eigenvalue weighted by atomic mass is 10.1. The number of rotatable bonds is 5. The number of ether oxygens (including phenoxy) is 1. The van der Waals surface area contributed by atoms with Crippen LogP contribution >= 0.6 is 0 Å². The Morgan fingerprint density at radius 1 is 1.03 bits per heavy atom. The number of hydrogen-bond acceptors (Lipinski definition) is 5. The molecule has 1 heterocycles. The van der Waals surface area contributed by atoms with Crippen LogP contribution in [-0.4, -0.2) is 64.0 Å². The van der Waals surface area contributed by atoms with Gasteiger partial charge in [0.2, 0.25) is 0 Å². The van der Waals surface area contributed by atoms with Crippen LogP contribution in [0.2, 0.25) is 0 Å². The number of methoxy groups -OCH3 is 1. The van der Waals surface area contributed by atoms with Crippen molar-refractivity contribution in [3.8, 4) is 0 Å². The van der Waals surface area contributed by atoms with Gasteiger partial charge in [-0.1, -0.05) is 0 Å². The van der Waals surface area contributed by atoms with E-state index in [1.807, 2.05) is 4.90 Å². The largest absolute Gasteiger partial charge is 0.417 e. The summed E-state index contributed by atoms with van der Waals surface area (Å²) in [5, 5.41) is -0.832. The first kappa shape index (κ1) is 20.9. The minimum atomic E-state index is -4.73. The second-order valence-electron chi connectivity index (χ2n) is 8.27. The van der Waals surface area contributed by atoms with Crippen molar-refractivity contribution in [2.24, 2.45) is 0 Å². The van der Waals surface area contributed by atoms with E-state index in [9.17, 15) is 21.6 Å². The number of hydrogen-bond donors (Lipinski definition) is 0. The molecule has 5 nitrogen and oxygen atoms in total. The molecule has 0 amide bonds. The van der Waals surface area contributed by atoms with Crippen molar-refractivity contribution in [1.29, 1.82) is 0 Å². The van der Waals surface area contributed by atoms with Crippen molar-refractivity contribution in [2.45, 2.75) is 60.6 Å². The fraction of sp³-hybridized carbons (Fsp3) is 0.700. The van der Waals surface area contributed by atoms with E-state index in [0.717, 1.165) is 25.2 Å². The number of piperazine rings is 1. The monoisotopic (exact) mass is 432 g/mol. The number of alkyl halides is 3. The molecular formula is C20H27F3N2O3S. The van der Waals surface area contributed by atoms with E-state index < -0.39 is 31.7 Å². The number of halogens is 3. The van der Waals surface area contributed by atoms with Crippen LogP contribution in [0.5, 0.6) is 0 Å². The molecule has 162 valence electrons. The molecule has 3 aliphatic rings. The maximum absolute atomic E-state index is 13.8. The number of sulfone groups is 1. The van der Waals surface area contributed by atoms with Gasteiger partial charge in [-0.25, -0.2) is 8.42 Å². The average molecular weight is 433 g/mol. The van der Waals surface area contributed by atoms with Crippen molar-refractivity contribution in [3.05, 3.63) is 23.8 Å². The SMILES string of the molecule is CO[C@H]1CC[C@@H](S(=O)(=O)c2ccc(N3CCN(C4CC4)CC3)cc2C(F)(F)F)C1. The molecule has 0 bridgehead atoms. The van der Waals surface area contributed by atoms with Crippen molar-refractivity contribution in [1.82, 2.24) is 4.90 Å². The fourth-order valence-electron chi connectivity index (χ4n) is 4.55. The molecule has 0 N–H and O–H groups in total. The summed E-state index contributed by atoms with van der Waals surface area (Å²) < 4.78 is 72.6. The summed E-state index contributed by atoms with van der Waals surface area (Å²) in [7, 11) is -2.58. The molecule has 0 spiro atoms. The lowest BCUT2D eigenvalue weighted by Crippen LogP contribution is -2.47. The maximum atomic E-state index is 13.8. The molecule has 2 aliphatic carbocycles. The quantitative estimate of drug-likeness (QED) is 0.715. The predicted molar refractivity (Wildman–Crippen MR) is 104 cm³/mol. The molecule has 1 aromatic rings. The molecule has 0 radical (unpaired) electrons. The minimum absolute atomic E-state index is 0.217. The van der Waals surface area contributed by atoms with Gasteiger partial charge in [0, 0.05) is 45.0 Å². The van der Waals surface area contributed by atoms with Crippen LogP contribution in [0.4, 0.5) is 18.9 Å². The Kier molecular flexibility index (Phi) is 5.59. The van der Waals surface area contributed by atoms with Crippen molar-refractivity contribution in [2.75, 3.05) is 38.2 Å². The van der Waals surface area contributed by atoms with E-state index in [1.54, 1.807) is 0 Å². The lowest BCUT2D eigenvalue weighted by Gasteiger charge is -2.36. The van der Waals surface area contributed by atoms with Crippen LogP contribution in [-0.2, 0) is 20.8 Å². The first-order valence-electron chi connectivity index (χ1n) is 10.2. The molecule has 3 fully saturated rings. The van der Waals surface area contributed by atoms with Crippen molar-refractivity contribution >= 4 is 15.5 Å². The van der Waals surface area contributed by atoms with Crippen LogP contribution in [0, 0.1) is 0 Å². The number of benzene rings is 1. The molecule has 0 aromatic heterocycles. The van der Waals surface area contributed by atoms with Gasteiger partial charge in [-0.2, -0.15) is 13.2 Å². The summed E-state index contributed by atoms with van der Waals surface area (Å²) in [6.07, 6.45) is -1.43. The highest BCUT2D eigenvalue weighted by Gasteiger charge is 2.42. The molecule has 0 unspecified atom stereocenters. The van der Waals surface area contributed by atoms with E-state index in [4.69, 9.17) is 4.74 Å². The molecule has 4 rings (SSSR count). The highest BCUT2D eigenvalue weighted by Crippen LogP contribution is 2.40. The molecule has 2 atom stereocenters. The zero-order valence-corrected chi connectivity index (χ0v) is 17.3. The Balaban J connectivity index is 1.60. The summed E-state index contributed by atoms with van der Waals surface area (Å²) in [4.78, 5) is 3.69. The van der Waals surface area contributed by atoms with Gasteiger partial charge in [-0.15, -0.1) is 0 Å². The highest BCUT2D eigenvalue weighted by atomic mass is 32.2. The zero-order chi connectivity index (χ0) is 20.8. The normalized spacial score (nSPS) is 26.8. The smallest absolute Gasteiger partial charge is 0.381 e. The van der Waals surface area contributed by atoms with Gasteiger partial charge in [0.25, 0.3) is 0 Å². The Labute approximate surface area is 169 Å². The zero-order valence-electron chi connectivity index (χ0n) is 16.5. The summed E-state index contributed by atoms with van der Waals surface area (Å²) >= 11 is 0. The second-order valence-corrected chi connectivity index (χ2v) is 10.5. The Bertz CT molecular complexity index is 847. The van der Waals surface area contributed by atoms with Gasteiger partial charge in [0.05, 0.1) is 21.8 Å². The molecule has 29 heavy (non-hydrogen) atoms. The molecule has 1 aliphatic heterocycles. The van der Waals surface area contributed by atoms with Crippen LogP contribution in [0.3, 0.4) is 0 Å². The van der Waals surface area contributed by atoms with Gasteiger partial charge in [-0.3, -0.25) is 4.90 Å². The minimum Gasteiger partial charge on any atom is -0.381 e. The molecule has 1 aromatic carbocycles. The number of nitrogens with zero attached hydrogens (tertiary/aromatic N) is 2. The number of anilines is 1. The summed E-state index contributed by atoms with van der Waals surface area (Å²) in [6, 6.07) is 4.33. The maximum Gasteiger partial charge on any atom is 0.417 e. The van der Waals surface area contributed by atoms with E-state index in [0.29, 0.717) is 37.7 Å². The van der Waals surface area contributed by atoms with Crippen LogP contribution in [0.15, 0.2) is 23.1 Å². The van der Waals surface area contributed by atoms with Gasteiger partial charge in [-0.05, 0) is 50.3 Å². The van der Waals surface area contributed by atoms with Gasteiger partial charge in [0.1, 0.15) is 0 Å². The van der Waals surface area contributed by atoms with Crippen LogP contribution in [0.25, 0.3) is 0 Å². The van der Waals surface area contributed by atoms with E-state index in [2.05, 4.69) is 4.90 Å². The average Bonchev–Trinajstić information content (AvgIpc) is 3.43. The van der Waals surface area contributed by atoms with Gasteiger partial charge in [0.15, 0.2) is 9.84 Å². The summed E-state index contributed by atoms with van der Waals surface area (Å²) in [6.45, 7) is 2.95. The third-order valence-corrected chi connectivity index (χ3v) is 8.70. The van der Waals surface area contributed by atoms with Crippen LogP contribution in [0.1, 0.15) is 37.7 Å². The molecular weight excluding hydrogens is 405 g/mol. The lowest BCUT2D eigenvalue weighted by molar-refractivity contribution is -0.139. The standard InChI is InChI=1S/C20H27F3N2O3S/c1-28-16-5-6-17(13-16)29(26,27)19-7-4-15(12-18(19)20(21,22)23)25-10-8-24(9-11-25)14-2-3-14/h4,7,12,14,16-17H,2-3,5-6,8-11,13H2,1H3/t16-,17+/m0/s1. The fourth-order valence-corrected chi connectivity index (χ4v) is 6.56. The van der Waals surface area contributed by atoms with Crippen LogP contribution < -0.4 is 4.90 Å². The highest BCUT2D eigenvalue weighted by molar-refractivity contribution is 7.92. The molecule has 1 saturated heterocycles. The van der Waals surface area contributed by atoms with E-state index in [-0.39, 0.29) is 12.5 Å². The first-order chi connectivity index (χ1) is 13.7. The summed E-state index contributed by atoms with van der Waals surface area (Å²) in [5.41, 5.74) is -0.617. The van der Waals surface area contributed by atoms with Gasteiger partial charge < -0.3 is 9.64 Å². The topological polar surface area (TPSA) is 49.9 Å². The van der Waals surface area contributed by atoms with Crippen molar-refractivity contribution in [3.63, 3.8) is 0 Å². The Morgan fingerprint density at radius 2 is 1.72 bits per heavy atom. The van der Waals surface area contributed by atoms with Gasteiger partial charge >= 0.3 is 6.18 Å². The Morgan fingerprint density at radius 3 is 2.28 bits per heavy atom. The molecule has 9 heteroatoms. The third-order valence-electron chi connectivity index (χ3n) is 6.43. The van der Waals surface area contributed by atoms with E-state index >= 15 is 0 Å². The summed E-state index contributed by atoms with van der Waals surface area (Å²) in [5.74, 6) is 0. The Hall–Kier alpha value is -1.32.